The SMILES string of the molecule is C[C@H]1CO[C@@H]2c3ccc4c(c3C(=O)C(=O)[C@@H]21)CCCC4(C)C. The minimum atomic E-state index is -0.283. The Bertz CT molecular complexity index is 686. The van der Waals surface area contributed by atoms with Crippen molar-refractivity contribution in [2.75, 3.05) is 6.61 Å². The monoisotopic (exact) mass is 298 g/mol. The van der Waals surface area contributed by atoms with Crippen molar-refractivity contribution in [2.24, 2.45) is 11.8 Å². The second-order valence-corrected chi connectivity index (χ2v) is 7.74. The molecular formula is C19H22O3. The Morgan fingerprint density at radius 3 is 2.77 bits per heavy atom. The van der Waals surface area contributed by atoms with Gasteiger partial charge in [0.2, 0.25) is 11.6 Å². The van der Waals surface area contributed by atoms with E-state index in [9.17, 15) is 9.59 Å². The van der Waals surface area contributed by atoms with Gasteiger partial charge in [-0.3, -0.25) is 9.59 Å². The Kier molecular flexibility index (Phi) is 2.90. The summed E-state index contributed by atoms with van der Waals surface area (Å²) in [5.41, 5.74) is 4.05. The van der Waals surface area contributed by atoms with Crippen molar-refractivity contribution in [2.45, 2.75) is 51.6 Å². The Morgan fingerprint density at radius 1 is 1.23 bits per heavy atom. The summed E-state index contributed by atoms with van der Waals surface area (Å²) in [4.78, 5) is 25.4. The van der Waals surface area contributed by atoms with Crippen LogP contribution in [0.1, 0.15) is 66.8 Å². The lowest BCUT2D eigenvalue weighted by Crippen LogP contribution is -2.38. The van der Waals surface area contributed by atoms with E-state index >= 15 is 0 Å². The van der Waals surface area contributed by atoms with E-state index in [1.165, 1.54) is 5.56 Å². The molecule has 0 bridgehead atoms. The lowest BCUT2D eigenvalue weighted by molar-refractivity contribution is -0.121. The number of ketones is 2. The summed E-state index contributed by atoms with van der Waals surface area (Å²) in [5, 5.41) is 0. The van der Waals surface area contributed by atoms with Crippen LogP contribution in [0.3, 0.4) is 0 Å². The lowest BCUT2D eigenvalue weighted by Gasteiger charge is -2.36. The van der Waals surface area contributed by atoms with Crippen LogP contribution >= 0.6 is 0 Å². The van der Waals surface area contributed by atoms with Crippen molar-refractivity contribution in [3.05, 3.63) is 34.4 Å². The fourth-order valence-electron chi connectivity index (χ4n) is 4.62. The maximum atomic E-state index is 12.8. The van der Waals surface area contributed by atoms with E-state index < -0.39 is 0 Å². The molecule has 1 aromatic rings. The molecule has 3 heteroatoms. The van der Waals surface area contributed by atoms with E-state index in [1.807, 2.05) is 13.0 Å². The van der Waals surface area contributed by atoms with Gasteiger partial charge in [-0.2, -0.15) is 0 Å². The zero-order chi connectivity index (χ0) is 15.6. The van der Waals surface area contributed by atoms with Gasteiger partial charge in [0.25, 0.3) is 0 Å². The van der Waals surface area contributed by atoms with Gasteiger partial charge in [-0.05, 0) is 47.3 Å². The predicted molar refractivity (Wildman–Crippen MR) is 83.1 cm³/mol. The topological polar surface area (TPSA) is 43.4 Å². The summed E-state index contributed by atoms with van der Waals surface area (Å²) in [6.45, 7) is 7.02. The van der Waals surface area contributed by atoms with Crippen LogP contribution in [0.25, 0.3) is 0 Å². The zero-order valence-corrected chi connectivity index (χ0v) is 13.4. The van der Waals surface area contributed by atoms with Gasteiger partial charge in [0.05, 0.1) is 18.6 Å². The number of hydrogen-bond acceptors (Lipinski definition) is 3. The van der Waals surface area contributed by atoms with Crippen molar-refractivity contribution in [1.82, 2.24) is 0 Å². The van der Waals surface area contributed by atoms with E-state index in [4.69, 9.17) is 4.74 Å². The average molecular weight is 298 g/mol. The zero-order valence-electron chi connectivity index (χ0n) is 13.4. The van der Waals surface area contributed by atoms with Crippen LogP contribution in [0.5, 0.6) is 0 Å². The van der Waals surface area contributed by atoms with Crippen LogP contribution < -0.4 is 0 Å². The third-order valence-electron chi connectivity index (χ3n) is 5.84. The van der Waals surface area contributed by atoms with Gasteiger partial charge < -0.3 is 4.74 Å². The van der Waals surface area contributed by atoms with E-state index in [1.54, 1.807) is 0 Å². The molecule has 0 amide bonds. The first-order chi connectivity index (χ1) is 10.4. The predicted octanol–water partition coefficient (Wildman–Crippen LogP) is 3.39. The molecule has 3 nitrogen and oxygen atoms in total. The number of ether oxygens (including phenoxy) is 1. The standard InChI is InChI=1S/C19H22O3/c1-10-9-22-18-12-6-7-13-11(5-4-8-19(13,2)3)15(12)17(21)16(20)14(10)18/h6-7,10,14,18H,4-5,8-9H2,1-3H3/t10-,14-,18+/m0/s1. The third kappa shape index (κ3) is 1.72. The molecule has 1 fully saturated rings. The van der Waals surface area contributed by atoms with Crippen molar-refractivity contribution < 1.29 is 14.3 Å². The Hall–Kier alpha value is -1.48. The minimum absolute atomic E-state index is 0.0760. The summed E-state index contributed by atoms with van der Waals surface area (Å²) in [6, 6.07) is 4.21. The number of rotatable bonds is 0. The van der Waals surface area contributed by atoms with Gasteiger partial charge in [-0.25, -0.2) is 0 Å². The van der Waals surface area contributed by atoms with Crippen LogP contribution in [0.4, 0.5) is 0 Å². The first kappa shape index (κ1) is 14.1. The number of fused-ring (bicyclic) bond motifs is 5. The normalized spacial score (nSPS) is 32.4. The van der Waals surface area contributed by atoms with Crippen molar-refractivity contribution in [1.29, 1.82) is 0 Å². The number of benzene rings is 1. The highest BCUT2D eigenvalue weighted by atomic mass is 16.5. The molecule has 0 unspecified atom stereocenters. The Balaban J connectivity index is 1.95. The van der Waals surface area contributed by atoms with Gasteiger partial charge in [0.15, 0.2) is 0 Å². The number of carbonyl (C=O) groups is 2. The number of Topliss-reactive ketones (excluding diaryl/α,β-unsaturated/α-hetero) is 2. The first-order valence-corrected chi connectivity index (χ1v) is 8.28. The lowest BCUT2D eigenvalue weighted by atomic mass is 9.67. The minimum Gasteiger partial charge on any atom is -0.372 e. The molecule has 4 rings (SSSR count). The van der Waals surface area contributed by atoms with Crippen LogP contribution in [0.15, 0.2) is 12.1 Å². The molecule has 1 aliphatic heterocycles. The molecule has 0 aromatic heterocycles. The fourth-order valence-corrected chi connectivity index (χ4v) is 4.62. The van der Waals surface area contributed by atoms with E-state index in [0.717, 1.165) is 30.4 Å². The highest BCUT2D eigenvalue weighted by Gasteiger charge is 2.49. The summed E-state index contributed by atoms with van der Waals surface area (Å²) < 4.78 is 5.88. The average Bonchev–Trinajstić information content (AvgIpc) is 2.86. The van der Waals surface area contributed by atoms with Crippen molar-refractivity contribution >= 4 is 11.6 Å². The Labute approximate surface area is 131 Å². The molecule has 0 radical (unpaired) electrons. The Morgan fingerprint density at radius 2 is 2.00 bits per heavy atom. The summed E-state index contributed by atoms with van der Waals surface area (Å²) >= 11 is 0. The maximum Gasteiger partial charge on any atom is 0.229 e. The molecule has 3 atom stereocenters. The van der Waals surface area contributed by atoms with Crippen LogP contribution in [0, 0.1) is 11.8 Å². The van der Waals surface area contributed by atoms with Gasteiger partial charge in [0.1, 0.15) is 0 Å². The van der Waals surface area contributed by atoms with Gasteiger partial charge >= 0.3 is 0 Å². The molecule has 1 heterocycles. The van der Waals surface area contributed by atoms with Crippen LogP contribution in [-0.2, 0) is 21.4 Å². The van der Waals surface area contributed by atoms with Crippen molar-refractivity contribution in [3.63, 3.8) is 0 Å². The fraction of sp³-hybridized carbons (Fsp3) is 0.579. The molecular weight excluding hydrogens is 276 g/mol. The van der Waals surface area contributed by atoms with Crippen molar-refractivity contribution in [3.8, 4) is 0 Å². The summed E-state index contributed by atoms with van der Waals surface area (Å²) in [6.07, 6.45) is 2.88. The molecule has 2 aliphatic carbocycles. The molecule has 1 saturated heterocycles. The van der Waals surface area contributed by atoms with Gasteiger partial charge in [0, 0.05) is 5.56 Å². The van der Waals surface area contributed by atoms with E-state index in [0.29, 0.717) is 12.2 Å². The first-order valence-electron chi connectivity index (χ1n) is 8.28. The molecule has 1 aromatic carbocycles. The summed E-state index contributed by atoms with van der Waals surface area (Å²) in [7, 11) is 0. The quantitative estimate of drug-likeness (QED) is 0.690. The second-order valence-electron chi connectivity index (χ2n) is 7.74. The summed E-state index contributed by atoms with van der Waals surface area (Å²) in [5.74, 6) is -0.667. The van der Waals surface area contributed by atoms with Gasteiger partial charge in [-0.15, -0.1) is 0 Å². The highest BCUT2D eigenvalue weighted by Crippen LogP contribution is 2.48. The smallest absolute Gasteiger partial charge is 0.229 e. The molecule has 0 saturated carbocycles. The molecule has 3 aliphatic rings. The van der Waals surface area contributed by atoms with Crippen LogP contribution in [-0.4, -0.2) is 18.2 Å². The molecule has 22 heavy (non-hydrogen) atoms. The van der Waals surface area contributed by atoms with E-state index in [2.05, 4.69) is 19.9 Å². The molecule has 0 N–H and O–H groups in total. The largest absolute Gasteiger partial charge is 0.372 e. The maximum absolute atomic E-state index is 12.8. The highest BCUT2D eigenvalue weighted by molar-refractivity contribution is 6.46. The third-order valence-corrected chi connectivity index (χ3v) is 5.84. The number of carbonyl (C=O) groups excluding carboxylic acids is 2. The molecule has 116 valence electrons. The van der Waals surface area contributed by atoms with Crippen LogP contribution in [0.2, 0.25) is 0 Å². The number of hydrogen-bond donors (Lipinski definition) is 0. The molecule has 0 spiro atoms. The van der Waals surface area contributed by atoms with Gasteiger partial charge in [-0.1, -0.05) is 32.9 Å². The van der Waals surface area contributed by atoms with E-state index in [-0.39, 0.29) is 34.9 Å². The second kappa shape index (κ2) is 4.51.